The molecule has 0 radical (unpaired) electrons. The van der Waals surface area contributed by atoms with Crippen LogP contribution in [0.3, 0.4) is 0 Å². The third-order valence-corrected chi connectivity index (χ3v) is 2.23. The van der Waals surface area contributed by atoms with Crippen LogP contribution in [0.5, 0.6) is 0 Å². The molecule has 0 aliphatic carbocycles. The third kappa shape index (κ3) is 1.83. The van der Waals surface area contributed by atoms with Gasteiger partial charge in [0.15, 0.2) is 0 Å². The first-order valence-corrected chi connectivity index (χ1v) is 4.64. The molecule has 3 heteroatoms. The van der Waals surface area contributed by atoms with E-state index in [9.17, 15) is 0 Å². The minimum atomic E-state index is -0.0996. The molecule has 2 rings (SSSR count). The summed E-state index contributed by atoms with van der Waals surface area (Å²) in [6.45, 7) is 0. The lowest BCUT2D eigenvalue weighted by Gasteiger charge is -2.22. The van der Waals surface area contributed by atoms with Gasteiger partial charge in [-0.3, -0.25) is 4.98 Å². The van der Waals surface area contributed by atoms with Gasteiger partial charge in [-0.1, -0.05) is 18.2 Å². The van der Waals surface area contributed by atoms with Crippen molar-refractivity contribution in [3.8, 4) is 0 Å². The van der Waals surface area contributed by atoms with Crippen LogP contribution in [-0.2, 0) is 0 Å². The molecule has 1 aliphatic rings. The molecular formula is C11H13N3. The van der Waals surface area contributed by atoms with Gasteiger partial charge in [0.05, 0.1) is 17.8 Å². The second-order valence-corrected chi connectivity index (χ2v) is 3.22. The highest BCUT2D eigenvalue weighted by Crippen LogP contribution is 2.13. The Balaban J connectivity index is 2.12. The normalized spacial score (nSPS) is 21.6. The number of aromatic nitrogens is 1. The highest BCUT2D eigenvalue weighted by atomic mass is 14.9. The number of nitrogens with two attached hydrogens (primary N) is 1. The van der Waals surface area contributed by atoms with Gasteiger partial charge < -0.3 is 11.1 Å². The van der Waals surface area contributed by atoms with Gasteiger partial charge in [0.25, 0.3) is 0 Å². The first kappa shape index (κ1) is 8.97. The van der Waals surface area contributed by atoms with Crippen molar-refractivity contribution in [1.82, 2.24) is 10.3 Å². The van der Waals surface area contributed by atoms with Gasteiger partial charge in [-0.05, 0) is 24.4 Å². The summed E-state index contributed by atoms with van der Waals surface area (Å²) in [7, 11) is 0. The third-order valence-electron chi connectivity index (χ3n) is 2.23. The van der Waals surface area contributed by atoms with Crippen LogP contribution in [0.25, 0.3) is 0 Å². The second kappa shape index (κ2) is 4.07. The molecular weight excluding hydrogens is 174 g/mol. The van der Waals surface area contributed by atoms with E-state index in [0.717, 1.165) is 5.69 Å². The van der Waals surface area contributed by atoms with Gasteiger partial charge >= 0.3 is 0 Å². The molecule has 72 valence electrons. The number of hydrogen-bond donors (Lipinski definition) is 2. The number of pyridine rings is 1. The Hall–Kier alpha value is -1.61. The first-order chi connectivity index (χ1) is 6.88. The largest absolute Gasteiger partial charge is 0.383 e. The SMILES string of the molecule is NC(c1ccccn1)C1C=CC=CN1. The predicted octanol–water partition coefficient (Wildman–Crippen LogP) is 1.12. The number of nitrogens with zero attached hydrogens (tertiary/aromatic N) is 1. The average Bonchev–Trinajstić information content (AvgIpc) is 2.30. The van der Waals surface area contributed by atoms with Crippen LogP contribution >= 0.6 is 0 Å². The predicted molar refractivity (Wildman–Crippen MR) is 56.4 cm³/mol. The molecule has 14 heavy (non-hydrogen) atoms. The maximum absolute atomic E-state index is 6.06. The molecule has 0 fully saturated rings. The number of hydrogen-bond acceptors (Lipinski definition) is 3. The van der Waals surface area contributed by atoms with Crippen molar-refractivity contribution in [1.29, 1.82) is 0 Å². The van der Waals surface area contributed by atoms with Crippen LogP contribution in [0.1, 0.15) is 11.7 Å². The van der Waals surface area contributed by atoms with Crippen molar-refractivity contribution in [2.45, 2.75) is 12.1 Å². The van der Waals surface area contributed by atoms with Gasteiger partial charge in [0.1, 0.15) is 0 Å². The van der Waals surface area contributed by atoms with E-state index in [1.54, 1.807) is 6.20 Å². The van der Waals surface area contributed by atoms with Crippen molar-refractivity contribution >= 4 is 0 Å². The molecule has 2 heterocycles. The molecule has 0 saturated carbocycles. The maximum atomic E-state index is 6.06. The van der Waals surface area contributed by atoms with Gasteiger partial charge in [-0.15, -0.1) is 0 Å². The van der Waals surface area contributed by atoms with Crippen LogP contribution in [0.2, 0.25) is 0 Å². The molecule has 1 aromatic heterocycles. The smallest absolute Gasteiger partial charge is 0.0711 e. The summed E-state index contributed by atoms with van der Waals surface area (Å²) >= 11 is 0. The fourth-order valence-electron chi connectivity index (χ4n) is 1.44. The van der Waals surface area contributed by atoms with Gasteiger partial charge in [0.2, 0.25) is 0 Å². The second-order valence-electron chi connectivity index (χ2n) is 3.22. The van der Waals surface area contributed by atoms with Crippen molar-refractivity contribution in [3.05, 3.63) is 54.5 Å². The summed E-state index contributed by atoms with van der Waals surface area (Å²) in [5.41, 5.74) is 6.97. The van der Waals surface area contributed by atoms with Crippen molar-refractivity contribution in [3.63, 3.8) is 0 Å². The Morgan fingerprint density at radius 3 is 2.93 bits per heavy atom. The zero-order valence-electron chi connectivity index (χ0n) is 7.80. The minimum Gasteiger partial charge on any atom is -0.383 e. The number of allylic oxidation sites excluding steroid dienone is 2. The lowest BCUT2D eigenvalue weighted by Crippen LogP contribution is -2.36. The van der Waals surface area contributed by atoms with Crippen LogP contribution in [0.4, 0.5) is 0 Å². The minimum absolute atomic E-state index is 0.0996. The van der Waals surface area contributed by atoms with E-state index < -0.39 is 0 Å². The summed E-state index contributed by atoms with van der Waals surface area (Å²) < 4.78 is 0. The lowest BCUT2D eigenvalue weighted by atomic mass is 10.0. The monoisotopic (exact) mass is 187 g/mol. The summed E-state index contributed by atoms with van der Waals surface area (Å²) in [6.07, 6.45) is 9.63. The molecule has 1 aromatic rings. The van der Waals surface area contributed by atoms with E-state index in [4.69, 9.17) is 5.73 Å². The standard InChI is InChI=1S/C11H13N3/c12-11(9-5-1-3-7-13-9)10-6-2-4-8-14-10/h1-9,11,13H,12H2. The van der Waals surface area contributed by atoms with Crippen molar-refractivity contribution in [2.75, 3.05) is 0 Å². The molecule has 0 amide bonds. The van der Waals surface area contributed by atoms with E-state index in [2.05, 4.69) is 10.3 Å². The van der Waals surface area contributed by atoms with Gasteiger partial charge in [-0.25, -0.2) is 0 Å². The fourth-order valence-corrected chi connectivity index (χ4v) is 1.44. The van der Waals surface area contributed by atoms with Crippen molar-refractivity contribution < 1.29 is 0 Å². The summed E-state index contributed by atoms with van der Waals surface area (Å²) in [5, 5.41) is 3.18. The zero-order chi connectivity index (χ0) is 9.80. The molecule has 0 spiro atoms. The van der Waals surface area contributed by atoms with E-state index in [0.29, 0.717) is 0 Å². The first-order valence-electron chi connectivity index (χ1n) is 4.64. The van der Waals surface area contributed by atoms with Gasteiger partial charge in [0, 0.05) is 6.20 Å². The average molecular weight is 187 g/mol. The molecule has 3 N–H and O–H groups in total. The molecule has 1 aliphatic heterocycles. The van der Waals surface area contributed by atoms with Crippen LogP contribution in [-0.4, -0.2) is 11.0 Å². The summed E-state index contributed by atoms with van der Waals surface area (Å²) in [5.74, 6) is 0. The lowest BCUT2D eigenvalue weighted by molar-refractivity contribution is 0.554. The fraction of sp³-hybridized carbons (Fsp3) is 0.182. The summed E-state index contributed by atoms with van der Waals surface area (Å²) in [4.78, 5) is 4.23. The van der Waals surface area contributed by atoms with Crippen LogP contribution in [0.15, 0.2) is 48.8 Å². The van der Waals surface area contributed by atoms with E-state index in [-0.39, 0.29) is 12.1 Å². The molecule has 3 nitrogen and oxygen atoms in total. The quantitative estimate of drug-likeness (QED) is 0.729. The van der Waals surface area contributed by atoms with Crippen molar-refractivity contribution in [2.24, 2.45) is 5.73 Å². The van der Waals surface area contributed by atoms with Crippen LogP contribution in [0, 0.1) is 0 Å². The molecule has 0 aromatic carbocycles. The summed E-state index contributed by atoms with van der Waals surface area (Å²) in [6, 6.07) is 5.82. The highest BCUT2D eigenvalue weighted by Gasteiger charge is 2.16. The maximum Gasteiger partial charge on any atom is 0.0711 e. The molecule has 2 atom stereocenters. The Bertz CT molecular complexity index is 343. The van der Waals surface area contributed by atoms with E-state index >= 15 is 0 Å². The molecule has 0 bridgehead atoms. The number of nitrogens with one attached hydrogen (secondary N) is 1. The Kier molecular flexibility index (Phi) is 2.60. The number of dihydropyridines is 1. The van der Waals surface area contributed by atoms with E-state index in [1.165, 1.54) is 0 Å². The molecule has 0 saturated heterocycles. The Labute approximate surface area is 83.3 Å². The topological polar surface area (TPSA) is 50.9 Å². The zero-order valence-corrected chi connectivity index (χ0v) is 7.80. The molecule has 2 unspecified atom stereocenters. The Morgan fingerprint density at radius 1 is 1.36 bits per heavy atom. The highest BCUT2D eigenvalue weighted by molar-refractivity contribution is 5.19. The Morgan fingerprint density at radius 2 is 2.29 bits per heavy atom. The van der Waals surface area contributed by atoms with E-state index in [1.807, 2.05) is 42.6 Å². The van der Waals surface area contributed by atoms with Crippen LogP contribution < -0.4 is 11.1 Å². The number of rotatable bonds is 2. The van der Waals surface area contributed by atoms with Gasteiger partial charge in [-0.2, -0.15) is 0 Å².